The lowest BCUT2D eigenvalue weighted by molar-refractivity contribution is 0.160. The summed E-state index contributed by atoms with van der Waals surface area (Å²) in [6.07, 6.45) is 3.60. The summed E-state index contributed by atoms with van der Waals surface area (Å²) in [5.41, 5.74) is 0.757. The SMILES string of the molecule is OC(CC1CC1)c1cc2c(cc1Cl)OCCCO2. The first-order valence-electron chi connectivity index (χ1n) is 6.51. The Labute approximate surface area is 112 Å². The summed E-state index contributed by atoms with van der Waals surface area (Å²) in [5, 5.41) is 10.8. The van der Waals surface area contributed by atoms with Gasteiger partial charge in [-0.2, -0.15) is 0 Å². The highest BCUT2D eigenvalue weighted by molar-refractivity contribution is 6.31. The molecule has 0 amide bonds. The molecule has 1 N–H and O–H groups in total. The minimum Gasteiger partial charge on any atom is -0.490 e. The highest BCUT2D eigenvalue weighted by Gasteiger charge is 2.27. The molecule has 1 saturated carbocycles. The van der Waals surface area contributed by atoms with Crippen molar-refractivity contribution in [2.75, 3.05) is 13.2 Å². The molecular formula is C14H17ClO3. The molecule has 1 aromatic carbocycles. The first-order valence-corrected chi connectivity index (χ1v) is 6.89. The zero-order valence-corrected chi connectivity index (χ0v) is 10.9. The van der Waals surface area contributed by atoms with Crippen LogP contribution in [0.2, 0.25) is 5.02 Å². The molecule has 1 unspecified atom stereocenters. The number of aliphatic hydroxyl groups excluding tert-OH is 1. The Hall–Kier alpha value is -0.930. The number of ether oxygens (including phenoxy) is 2. The summed E-state index contributed by atoms with van der Waals surface area (Å²) in [4.78, 5) is 0. The lowest BCUT2D eigenvalue weighted by Crippen LogP contribution is -2.01. The molecule has 98 valence electrons. The van der Waals surface area contributed by atoms with E-state index in [0.717, 1.165) is 18.4 Å². The van der Waals surface area contributed by atoms with Crippen molar-refractivity contribution in [1.82, 2.24) is 0 Å². The third-order valence-electron chi connectivity index (χ3n) is 3.48. The highest BCUT2D eigenvalue weighted by Crippen LogP contribution is 2.42. The van der Waals surface area contributed by atoms with Gasteiger partial charge in [-0.15, -0.1) is 0 Å². The molecule has 2 aliphatic rings. The predicted octanol–water partition coefficient (Wildman–Crippen LogP) is 3.33. The van der Waals surface area contributed by atoms with E-state index in [1.54, 1.807) is 6.07 Å². The van der Waals surface area contributed by atoms with Crippen LogP contribution in [0.5, 0.6) is 11.5 Å². The second-order valence-electron chi connectivity index (χ2n) is 5.07. The van der Waals surface area contributed by atoms with Crippen LogP contribution in [0, 0.1) is 5.92 Å². The van der Waals surface area contributed by atoms with Crippen LogP contribution in [-0.4, -0.2) is 18.3 Å². The van der Waals surface area contributed by atoms with E-state index < -0.39 is 6.10 Å². The van der Waals surface area contributed by atoms with Crippen LogP contribution in [0.3, 0.4) is 0 Å². The van der Waals surface area contributed by atoms with Crippen molar-refractivity contribution >= 4 is 11.6 Å². The Kier molecular flexibility index (Phi) is 3.35. The summed E-state index contributed by atoms with van der Waals surface area (Å²) >= 11 is 6.22. The molecule has 1 aromatic rings. The number of hydrogen-bond donors (Lipinski definition) is 1. The molecule has 3 rings (SSSR count). The second-order valence-corrected chi connectivity index (χ2v) is 5.47. The standard InChI is InChI=1S/C14H17ClO3/c15-11-8-14-13(17-4-1-5-18-14)7-10(11)12(16)6-9-2-3-9/h7-9,12,16H,1-6H2. The van der Waals surface area contributed by atoms with Crippen LogP contribution in [0.1, 0.15) is 37.4 Å². The molecule has 1 aliphatic carbocycles. The van der Waals surface area contributed by atoms with Crippen molar-refractivity contribution in [3.8, 4) is 11.5 Å². The Morgan fingerprint density at radius 1 is 1.22 bits per heavy atom. The van der Waals surface area contributed by atoms with Gasteiger partial charge in [-0.05, 0) is 18.4 Å². The zero-order chi connectivity index (χ0) is 12.5. The normalized spacial score (nSPS) is 20.3. The van der Waals surface area contributed by atoms with E-state index in [0.29, 0.717) is 35.7 Å². The predicted molar refractivity (Wildman–Crippen MR) is 69.4 cm³/mol. The average Bonchev–Trinajstić information content (AvgIpc) is 3.14. The maximum absolute atomic E-state index is 10.2. The highest BCUT2D eigenvalue weighted by atomic mass is 35.5. The molecule has 4 heteroatoms. The van der Waals surface area contributed by atoms with Gasteiger partial charge in [-0.3, -0.25) is 0 Å². The lowest BCUT2D eigenvalue weighted by Gasteiger charge is -2.15. The number of halogens is 1. The van der Waals surface area contributed by atoms with Crippen LogP contribution >= 0.6 is 11.6 Å². The molecule has 3 nitrogen and oxygen atoms in total. The molecule has 18 heavy (non-hydrogen) atoms. The quantitative estimate of drug-likeness (QED) is 0.914. The molecule has 1 atom stereocenters. The van der Waals surface area contributed by atoms with Crippen LogP contribution in [0.15, 0.2) is 12.1 Å². The number of hydrogen-bond acceptors (Lipinski definition) is 3. The minimum absolute atomic E-state index is 0.498. The van der Waals surface area contributed by atoms with E-state index in [4.69, 9.17) is 21.1 Å². The summed E-state index contributed by atoms with van der Waals surface area (Å²) < 4.78 is 11.2. The van der Waals surface area contributed by atoms with Gasteiger partial charge in [0.25, 0.3) is 0 Å². The van der Waals surface area contributed by atoms with Crippen molar-refractivity contribution in [2.45, 2.75) is 31.8 Å². The van der Waals surface area contributed by atoms with Crippen molar-refractivity contribution in [3.05, 3.63) is 22.7 Å². The van der Waals surface area contributed by atoms with Gasteiger partial charge in [0.05, 0.1) is 24.3 Å². The van der Waals surface area contributed by atoms with Gasteiger partial charge in [0.2, 0.25) is 0 Å². The van der Waals surface area contributed by atoms with E-state index in [-0.39, 0.29) is 0 Å². The molecular weight excluding hydrogens is 252 g/mol. The molecule has 0 aromatic heterocycles. The third-order valence-corrected chi connectivity index (χ3v) is 3.81. The van der Waals surface area contributed by atoms with Gasteiger partial charge >= 0.3 is 0 Å². The molecule has 0 radical (unpaired) electrons. The van der Waals surface area contributed by atoms with Gasteiger partial charge in [-0.1, -0.05) is 24.4 Å². The first kappa shape index (κ1) is 12.1. The Morgan fingerprint density at radius 3 is 2.56 bits per heavy atom. The van der Waals surface area contributed by atoms with Crippen molar-refractivity contribution in [2.24, 2.45) is 5.92 Å². The van der Waals surface area contributed by atoms with Crippen molar-refractivity contribution in [1.29, 1.82) is 0 Å². The van der Waals surface area contributed by atoms with Gasteiger partial charge in [0.1, 0.15) is 0 Å². The van der Waals surface area contributed by atoms with Gasteiger partial charge in [0, 0.05) is 18.1 Å². The fourth-order valence-electron chi connectivity index (χ4n) is 2.25. The summed E-state index contributed by atoms with van der Waals surface area (Å²) in [6.45, 7) is 1.29. The Morgan fingerprint density at radius 2 is 1.89 bits per heavy atom. The van der Waals surface area contributed by atoms with Gasteiger partial charge in [-0.25, -0.2) is 0 Å². The van der Waals surface area contributed by atoms with Gasteiger partial charge < -0.3 is 14.6 Å². The molecule has 1 fully saturated rings. The molecule has 1 heterocycles. The number of fused-ring (bicyclic) bond motifs is 1. The van der Waals surface area contributed by atoms with E-state index in [2.05, 4.69) is 0 Å². The maximum Gasteiger partial charge on any atom is 0.162 e. The van der Waals surface area contributed by atoms with Crippen LogP contribution in [0.25, 0.3) is 0 Å². The summed E-state index contributed by atoms with van der Waals surface area (Å²) in [6, 6.07) is 3.59. The Balaban J connectivity index is 1.86. The van der Waals surface area contributed by atoms with Crippen LogP contribution < -0.4 is 9.47 Å². The fraction of sp³-hybridized carbons (Fsp3) is 0.571. The molecule has 0 bridgehead atoms. The lowest BCUT2D eigenvalue weighted by atomic mass is 10.0. The van der Waals surface area contributed by atoms with Gasteiger partial charge in [0.15, 0.2) is 11.5 Å². The molecule has 0 saturated heterocycles. The van der Waals surface area contributed by atoms with E-state index in [1.807, 2.05) is 6.07 Å². The van der Waals surface area contributed by atoms with Crippen molar-refractivity contribution < 1.29 is 14.6 Å². The summed E-state index contributed by atoms with van der Waals surface area (Å²) in [5.74, 6) is 2.04. The second kappa shape index (κ2) is 4.98. The number of benzene rings is 1. The van der Waals surface area contributed by atoms with Crippen LogP contribution in [-0.2, 0) is 0 Å². The monoisotopic (exact) mass is 268 g/mol. The van der Waals surface area contributed by atoms with E-state index in [1.165, 1.54) is 12.8 Å². The number of aliphatic hydroxyl groups is 1. The largest absolute Gasteiger partial charge is 0.490 e. The van der Waals surface area contributed by atoms with E-state index in [9.17, 15) is 5.11 Å². The first-order chi connectivity index (χ1) is 8.74. The van der Waals surface area contributed by atoms with Crippen LogP contribution in [0.4, 0.5) is 0 Å². The fourth-order valence-corrected chi connectivity index (χ4v) is 2.53. The topological polar surface area (TPSA) is 38.7 Å². The zero-order valence-electron chi connectivity index (χ0n) is 10.2. The average molecular weight is 269 g/mol. The van der Waals surface area contributed by atoms with E-state index >= 15 is 0 Å². The smallest absolute Gasteiger partial charge is 0.162 e. The number of rotatable bonds is 3. The maximum atomic E-state index is 10.2. The third kappa shape index (κ3) is 2.57. The molecule has 0 spiro atoms. The summed E-state index contributed by atoms with van der Waals surface area (Å²) in [7, 11) is 0. The Bertz CT molecular complexity index is 443. The van der Waals surface area contributed by atoms with Crippen molar-refractivity contribution in [3.63, 3.8) is 0 Å². The molecule has 1 aliphatic heterocycles. The minimum atomic E-state index is -0.498.